The highest BCUT2D eigenvalue weighted by atomic mass is 35.5. The summed E-state index contributed by atoms with van der Waals surface area (Å²) in [5, 5.41) is 9.98. The SMILES string of the molecule is CCCCCOc1ccc(C(=O)Oc2ccccc2O)cc1Cl. The van der Waals surface area contributed by atoms with Gasteiger partial charge in [-0.1, -0.05) is 43.5 Å². The van der Waals surface area contributed by atoms with Crippen molar-refractivity contribution in [2.24, 2.45) is 0 Å². The summed E-state index contributed by atoms with van der Waals surface area (Å²) in [6.07, 6.45) is 3.18. The molecule has 0 fully saturated rings. The van der Waals surface area contributed by atoms with Crippen LogP contribution in [0.15, 0.2) is 42.5 Å². The van der Waals surface area contributed by atoms with E-state index in [1.807, 2.05) is 0 Å². The number of aromatic hydroxyl groups is 1. The minimum Gasteiger partial charge on any atom is -0.504 e. The second kappa shape index (κ2) is 8.44. The van der Waals surface area contributed by atoms with E-state index < -0.39 is 5.97 Å². The Morgan fingerprint density at radius 3 is 2.61 bits per heavy atom. The summed E-state index contributed by atoms with van der Waals surface area (Å²) < 4.78 is 10.7. The molecule has 0 unspecified atom stereocenters. The van der Waals surface area contributed by atoms with Gasteiger partial charge in [0.2, 0.25) is 0 Å². The molecular formula is C18H19ClO4. The molecule has 0 atom stereocenters. The zero-order chi connectivity index (χ0) is 16.7. The van der Waals surface area contributed by atoms with Gasteiger partial charge in [-0.15, -0.1) is 0 Å². The van der Waals surface area contributed by atoms with Crippen LogP contribution in [0.2, 0.25) is 5.02 Å². The lowest BCUT2D eigenvalue weighted by atomic mass is 10.2. The van der Waals surface area contributed by atoms with Crippen molar-refractivity contribution in [3.8, 4) is 17.2 Å². The van der Waals surface area contributed by atoms with E-state index >= 15 is 0 Å². The topological polar surface area (TPSA) is 55.8 Å². The quantitative estimate of drug-likeness (QED) is 0.447. The van der Waals surface area contributed by atoms with Crippen LogP contribution in [-0.2, 0) is 0 Å². The predicted octanol–water partition coefficient (Wildman–Crippen LogP) is 4.83. The summed E-state index contributed by atoms with van der Waals surface area (Å²) >= 11 is 6.14. The van der Waals surface area contributed by atoms with Crippen molar-refractivity contribution in [1.29, 1.82) is 0 Å². The van der Waals surface area contributed by atoms with Crippen LogP contribution in [0.25, 0.3) is 0 Å². The van der Waals surface area contributed by atoms with Gasteiger partial charge < -0.3 is 14.6 Å². The van der Waals surface area contributed by atoms with Crippen LogP contribution in [0.5, 0.6) is 17.2 Å². The molecule has 0 heterocycles. The first kappa shape index (κ1) is 17.2. The summed E-state index contributed by atoms with van der Waals surface area (Å²) in [6, 6.07) is 11.0. The van der Waals surface area contributed by atoms with Gasteiger partial charge in [-0.2, -0.15) is 0 Å². The average Bonchev–Trinajstić information content (AvgIpc) is 2.55. The van der Waals surface area contributed by atoms with Crippen LogP contribution in [0, 0.1) is 0 Å². The van der Waals surface area contributed by atoms with Gasteiger partial charge in [-0.25, -0.2) is 4.79 Å². The number of carbonyl (C=O) groups is 1. The molecule has 1 N–H and O–H groups in total. The normalized spacial score (nSPS) is 10.3. The maximum absolute atomic E-state index is 12.1. The first-order valence-electron chi connectivity index (χ1n) is 7.54. The molecule has 0 aromatic heterocycles. The lowest BCUT2D eigenvalue weighted by molar-refractivity contribution is 0.0729. The lowest BCUT2D eigenvalue weighted by Crippen LogP contribution is -2.09. The Balaban J connectivity index is 2.01. The number of hydrogen-bond donors (Lipinski definition) is 1. The number of phenols is 1. The molecule has 23 heavy (non-hydrogen) atoms. The average molecular weight is 335 g/mol. The van der Waals surface area contributed by atoms with Crippen LogP contribution in [0.3, 0.4) is 0 Å². The maximum Gasteiger partial charge on any atom is 0.343 e. The van der Waals surface area contributed by atoms with Gasteiger partial charge in [0.25, 0.3) is 0 Å². The summed E-state index contributed by atoms with van der Waals surface area (Å²) in [4.78, 5) is 12.1. The fourth-order valence-corrected chi connectivity index (χ4v) is 2.22. The Bertz CT molecular complexity index is 670. The number of halogens is 1. The molecule has 2 aromatic carbocycles. The molecule has 2 aromatic rings. The second-order valence-corrected chi connectivity index (χ2v) is 5.47. The molecule has 0 bridgehead atoms. The molecule has 5 heteroatoms. The zero-order valence-corrected chi connectivity index (χ0v) is 13.7. The van der Waals surface area contributed by atoms with Crippen LogP contribution in [0.4, 0.5) is 0 Å². The van der Waals surface area contributed by atoms with E-state index in [9.17, 15) is 9.90 Å². The molecule has 0 amide bonds. The number of rotatable bonds is 7. The van der Waals surface area contributed by atoms with E-state index in [0.717, 1.165) is 19.3 Å². The van der Waals surface area contributed by atoms with Crippen molar-refractivity contribution >= 4 is 17.6 Å². The van der Waals surface area contributed by atoms with Crippen molar-refractivity contribution in [2.45, 2.75) is 26.2 Å². The molecule has 122 valence electrons. The number of carbonyl (C=O) groups excluding carboxylic acids is 1. The van der Waals surface area contributed by atoms with Crippen molar-refractivity contribution in [1.82, 2.24) is 0 Å². The highest BCUT2D eigenvalue weighted by Crippen LogP contribution is 2.28. The number of esters is 1. The van der Waals surface area contributed by atoms with Crippen molar-refractivity contribution < 1.29 is 19.4 Å². The third kappa shape index (κ3) is 4.89. The molecular weight excluding hydrogens is 316 g/mol. The highest BCUT2D eigenvalue weighted by Gasteiger charge is 2.13. The fourth-order valence-electron chi connectivity index (χ4n) is 1.98. The Labute approximate surface area is 140 Å². The summed E-state index contributed by atoms with van der Waals surface area (Å²) in [5.74, 6) is -0.0378. The number of hydrogen-bond acceptors (Lipinski definition) is 4. The minimum atomic E-state index is -0.592. The molecule has 0 aliphatic heterocycles. The number of benzene rings is 2. The summed E-state index contributed by atoms with van der Waals surface area (Å²) in [7, 11) is 0. The molecule has 0 saturated carbocycles. The van der Waals surface area contributed by atoms with Gasteiger partial charge in [-0.05, 0) is 36.8 Å². The van der Waals surface area contributed by atoms with E-state index in [1.165, 1.54) is 18.2 Å². The van der Waals surface area contributed by atoms with Gasteiger partial charge in [0, 0.05) is 0 Å². The third-order valence-corrected chi connectivity index (χ3v) is 3.54. The van der Waals surface area contributed by atoms with E-state index in [2.05, 4.69) is 6.92 Å². The van der Waals surface area contributed by atoms with Crippen molar-refractivity contribution in [3.63, 3.8) is 0 Å². The van der Waals surface area contributed by atoms with Gasteiger partial charge in [0.05, 0.1) is 17.2 Å². The molecule has 0 aliphatic rings. The maximum atomic E-state index is 12.1. The third-order valence-electron chi connectivity index (χ3n) is 3.24. The lowest BCUT2D eigenvalue weighted by Gasteiger charge is -2.10. The largest absolute Gasteiger partial charge is 0.504 e. The minimum absolute atomic E-state index is 0.0946. The molecule has 0 spiro atoms. The van der Waals surface area contributed by atoms with Crippen molar-refractivity contribution in [3.05, 3.63) is 53.1 Å². The molecule has 0 saturated heterocycles. The molecule has 0 aliphatic carbocycles. The number of para-hydroxylation sites is 2. The first-order valence-corrected chi connectivity index (χ1v) is 7.92. The standard InChI is InChI=1S/C18H19ClO4/c1-2-3-6-11-22-16-10-9-13(12-14(16)19)18(21)23-17-8-5-4-7-15(17)20/h4-5,7-10,12,20H,2-3,6,11H2,1H3. The van der Waals surface area contributed by atoms with Gasteiger partial charge >= 0.3 is 5.97 Å². The van der Waals surface area contributed by atoms with E-state index in [-0.39, 0.29) is 11.5 Å². The van der Waals surface area contributed by atoms with Gasteiger partial charge in [-0.3, -0.25) is 0 Å². The van der Waals surface area contributed by atoms with Crippen LogP contribution >= 0.6 is 11.6 Å². The molecule has 2 rings (SSSR count). The fraction of sp³-hybridized carbons (Fsp3) is 0.278. The van der Waals surface area contributed by atoms with Gasteiger partial charge in [0.1, 0.15) is 5.75 Å². The Morgan fingerprint density at radius 1 is 1.13 bits per heavy atom. The first-order chi connectivity index (χ1) is 11.1. The van der Waals surface area contributed by atoms with Crippen LogP contribution < -0.4 is 9.47 Å². The van der Waals surface area contributed by atoms with Crippen molar-refractivity contribution in [2.75, 3.05) is 6.61 Å². The van der Waals surface area contributed by atoms with E-state index in [4.69, 9.17) is 21.1 Å². The number of phenolic OH excluding ortho intramolecular Hbond substituents is 1. The predicted molar refractivity (Wildman–Crippen MR) is 89.5 cm³/mol. The van der Waals surface area contributed by atoms with Gasteiger partial charge in [0.15, 0.2) is 11.5 Å². The molecule has 4 nitrogen and oxygen atoms in total. The number of ether oxygens (including phenoxy) is 2. The number of unbranched alkanes of at least 4 members (excludes halogenated alkanes) is 2. The summed E-state index contributed by atoms with van der Waals surface area (Å²) in [5.41, 5.74) is 0.291. The monoisotopic (exact) mass is 334 g/mol. The zero-order valence-electron chi connectivity index (χ0n) is 12.9. The smallest absolute Gasteiger partial charge is 0.343 e. The van der Waals surface area contributed by atoms with E-state index in [1.54, 1.807) is 24.3 Å². The summed E-state index contributed by atoms with van der Waals surface area (Å²) in [6.45, 7) is 2.72. The van der Waals surface area contributed by atoms with E-state index in [0.29, 0.717) is 22.9 Å². The Hall–Kier alpha value is -2.20. The van der Waals surface area contributed by atoms with Crippen LogP contribution in [0.1, 0.15) is 36.5 Å². The second-order valence-electron chi connectivity index (χ2n) is 5.06. The van der Waals surface area contributed by atoms with Crippen LogP contribution in [-0.4, -0.2) is 17.7 Å². The Kier molecular flexibility index (Phi) is 6.29. The highest BCUT2D eigenvalue weighted by molar-refractivity contribution is 6.32. The Morgan fingerprint density at radius 2 is 1.91 bits per heavy atom. The molecule has 0 radical (unpaired) electrons.